The lowest BCUT2D eigenvalue weighted by Crippen LogP contribution is -2.42. The van der Waals surface area contributed by atoms with Gasteiger partial charge in [0.1, 0.15) is 12.6 Å². The van der Waals surface area contributed by atoms with Gasteiger partial charge < -0.3 is 15.2 Å². The van der Waals surface area contributed by atoms with Crippen LogP contribution in [0.3, 0.4) is 0 Å². The molecule has 1 rings (SSSR count). The average Bonchev–Trinajstić information content (AvgIpc) is 2.44. The molecule has 0 fully saturated rings. The summed E-state index contributed by atoms with van der Waals surface area (Å²) in [4.78, 5) is 22.7. The van der Waals surface area contributed by atoms with Crippen LogP contribution in [0.1, 0.15) is 12.0 Å². The van der Waals surface area contributed by atoms with E-state index in [0.29, 0.717) is 0 Å². The first-order chi connectivity index (χ1) is 9.99. The van der Waals surface area contributed by atoms with Crippen molar-refractivity contribution in [1.29, 1.82) is 0 Å². The first-order valence-corrected chi connectivity index (χ1v) is 6.41. The van der Waals surface area contributed by atoms with Crippen LogP contribution in [0.5, 0.6) is 0 Å². The van der Waals surface area contributed by atoms with Gasteiger partial charge in [0, 0.05) is 12.8 Å². The maximum Gasteiger partial charge on any atom is 0.326 e. The van der Waals surface area contributed by atoms with Crippen molar-refractivity contribution in [3.8, 4) is 0 Å². The van der Waals surface area contributed by atoms with Crippen LogP contribution in [-0.4, -0.2) is 42.7 Å². The second-order valence-electron chi connectivity index (χ2n) is 4.36. The van der Waals surface area contributed by atoms with E-state index >= 15 is 0 Å². The summed E-state index contributed by atoms with van der Waals surface area (Å²) in [6.07, 6.45) is -2.59. The van der Waals surface area contributed by atoms with Gasteiger partial charge in [-0.25, -0.2) is 13.6 Å². The normalized spacial score (nSPS) is 12.1. The summed E-state index contributed by atoms with van der Waals surface area (Å²) in [6, 6.07) is 7.80. The zero-order valence-corrected chi connectivity index (χ0v) is 11.3. The molecular formula is C14H17F2NO4. The predicted molar refractivity (Wildman–Crippen MR) is 71.2 cm³/mol. The number of ether oxygens (including phenoxy) is 1. The van der Waals surface area contributed by atoms with E-state index in [4.69, 9.17) is 5.11 Å². The number of alkyl halides is 2. The van der Waals surface area contributed by atoms with E-state index in [0.717, 1.165) is 5.56 Å². The molecule has 0 aliphatic heterocycles. The molecule has 1 atom stereocenters. The van der Waals surface area contributed by atoms with Gasteiger partial charge in [0.15, 0.2) is 0 Å². The Bertz CT molecular complexity index is 454. The van der Waals surface area contributed by atoms with Gasteiger partial charge in [-0.15, -0.1) is 0 Å². The smallest absolute Gasteiger partial charge is 0.326 e. The monoisotopic (exact) mass is 301 g/mol. The Hall–Kier alpha value is -2.02. The number of carboxylic acid groups (broad SMARTS) is 1. The lowest BCUT2D eigenvalue weighted by Gasteiger charge is -2.14. The standard InChI is InChI=1S/C14H17F2NO4/c15-12(16)9-21-7-6-13(18)17-11(14(19)20)8-10-4-2-1-3-5-10/h1-5,11-12H,6-9H2,(H,17,18)(H,19,20)/t11-/m1/s1. The van der Waals surface area contributed by atoms with Gasteiger partial charge in [-0.2, -0.15) is 0 Å². The molecule has 5 nitrogen and oxygen atoms in total. The highest BCUT2D eigenvalue weighted by molar-refractivity contribution is 5.83. The number of hydrogen-bond acceptors (Lipinski definition) is 3. The van der Waals surface area contributed by atoms with Crippen molar-refractivity contribution in [2.24, 2.45) is 0 Å². The van der Waals surface area contributed by atoms with Crippen molar-refractivity contribution in [1.82, 2.24) is 5.32 Å². The number of amides is 1. The van der Waals surface area contributed by atoms with Crippen molar-refractivity contribution in [3.63, 3.8) is 0 Å². The van der Waals surface area contributed by atoms with Gasteiger partial charge in [-0.1, -0.05) is 30.3 Å². The second-order valence-corrected chi connectivity index (χ2v) is 4.36. The van der Waals surface area contributed by atoms with Crippen molar-refractivity contribution < 1.29 is 28.2 Å². The molecule has 21 heavy (non-hydrogen) atoms. The number of carbonyl (C=O) groups is 2. The first-order valence-electron chi connectivity index (χ1n) is 6.41. The summed E-state index contributed by atoms with van der Waals surface area (Å²) in [7, 11) is 0. The fourth-order valence-corrected chi connectivity index (χ4v) is 1.65. The maximum absolute atomic E-state index is 11.8. The predicted octanol–water partition coefficient (Wildman–Crippen LogP) is 1.47. The number of carbonyl (C=O) groups excluding carboxylic acids is 1. The van der Waals surface area contributed by atoms with Crippen LogP contribution in [0.4, 0.5) is 8.78 Å². The topological polar surface area (TPSA) is 75.6 Å². The van der Waals surface area contributed by atoms with Gasteiger partial charge in [0.2, 0.25) is 5.91 Å². The molecule has 0 heterocycles. The van der Waals surface area contributed by atoms with E-state index in [2.05, 4.69) is 10.1 Å². The van der Waals surface area contributed by atoms with E-state index in [1.165, 1.54) is 0 Å². The van der Waals surface area contributed by atoms with Crippen molar-refractivity contribution in [3.05, 3.63) is 35.9 Å². The Morgan fingerprint density at radius 1 is 1.24 bits per heavy atom. The summed E-state index contributed by atoms with van der Waals surface area (Å²) in [5.74, 6) is -1.70. The van der Waals surface area contributed by atoms with Gasteiger partial charge in [0.25, 0.3) is 6.43 Å². The van der Waals surface area contributed by atoms with Crippen LogP contribution in [0.25, 0.3) is 0 Å². The first kappa shape index (κ1) is 17.0. The quantitative estimate of drug-likeness (QED) is 0.677. The third-order valence-corrected chi connectivity index (χ3v) is 2.63. The van der Waals surface area contributed by atoms with Gasteiger partial charge in [-0.05, 0) is 5.56 Å². The zero-order chi connectivity index (χ0) is 15.7. The number of carboxylic acids is 1. The minimum Gasteiger partial charge on any atom is -0.480 e. The number of rotatable bonds is 9. The van der Waals surface area contributed by atoms with Crippen LogP contribution >= 0.6 is 0 Å². The molecule has 116 valence electrons. The van der Waals surface area contributed by atoms with Crippen LogP contribution in [0, 0.1) is 0 Å². The molecule has 1 aromatic carbocycles. The molecule has 0 saturated carbocycles. The summed E-state index contributed by atoms with van der Waals surface area (Å²) in [6.45, 7) is -0.909. The molecule has 0 aliphatic rings. The van der Waals surface area contributed by atoms with E-state index in [-0.39, 0.29) is 19.4 Å². The molecular weight excluding hydrogens is 284 g/mol. The lowest BCUT2D eigenvalue weighted by atomic mass is 10.1. The number of benzene rings is 1. The molecule has 0 aromatic heterocycles. The maximum atomic E-state index is 11.8. The Morgan fingerprint density at radius 3 is 2.48 bits per heavy atom. The van der Waals surface area contributed by atoms with Crippen LogP contribution in [0.15, 0.2) is 30.3 Å². The fraction of sp³-hybridized carbons (Fsp3) is 0.429. The van der Waals surface area contributed by atoms with Gasteiger partial charge in [0.05, 0.1) is 6.61 Å². The molecule has 2 N–H and O–H groups in total. The van der Waals surface area contributed by atoms with Gasteiger partial charge >= 0.3 is 5.97 Å². The molecule has 7 heteroatoms. The summed E-state index contributed by atoms with van der Waals surface area (Å²) in [5, 5.41) is 11.4. The molecule has 1 amide bonds. The third-order valence-electron chi connectivity index (χ3n) is 2.63. The minimum atomic E-state index is -2.59. The molecule has 1 aromatic rings. The summed E-state index contributed by atoms with van der Waals surface area (Å²) in [5.41, 5.74) is 0.777. The highest BCUT2D eigenvalue weighted by Crippen LogP contribution is 2.04. The van der Waals surface area contributed by atoms with E-state index in [1.54, 1.807) is 30.3 Å². The molecule has 0 spiro atoms. The minimum absolute atomic E-state index is 0.153. The zero-order valence-electron chi connectivity index (χ0n) is 11.3. The Kier molecular flexibility index (Phi) is 7.31. The van der Waals surface area contributed by atoms with Crippen molar-refractivity contribution in [2.75, 3.05) is 13.2 Å². The number of nitrogens with one attached hydrogen (secondary N) is 1. The van der Waals surface area contributed by atoms with E-state index in [9.17, 15) is 18.4 Å². The van der Waals surface area contributed by atoms with Gasteiger partial charge in [-0.3, -0.25) is 4.79 Å². The Morgan fingerprint density at radius 2 is 1.90 bits per heavy atom. The third kappa shape index (κ3) is 7.36. The number of halogens is 2. The highest BCUT2D eigenvalue weighted by Gasteiger charge is 2.20. The van der Waals surface area contributed by atoms with Crippen LogP contribution in [-0.2, 0) is 20.7 Å². The summed E-state index contributed by atoms with van der Waals surface area (Å²) >= 11 is 0. The fourth-order valence-electron chi connectivity index (χ4n) is 1.65. The number of hydrogen-bond donors (Lipinski definition) is 2. The number of aliphatic carboxylic acids is 1. The second kappa shape index (κ2) is 9.02. The SMILES string of the molecule is O=C(CCOCC(F)F)N[C@H](Cc1ccccc1)C(=O)O. The lowest BCUT2D eigenvalue weighted by molar-refractivity contribution is -0.142. The Balaban J connectivity index is 2.40. The van der Waals surface area contributed by atoms with Crippen LogP contribution in [0.2, 0.25) is 0 Å². The molecule has 0 radical (unpaired) electrons. The molecule has 0 bridgehead atoms. The molecule has 0 unspecified atom stereocenters. The van der Waals surface area contributed by atoms with Crippen molar-refractivity contribution in [2.45, 2.75) is 25.3 Å². The average molecular weight is 301 g/mol. The Labute approximate surface area is 120 Å². The highest BCUT2D eigenvalue weighted by atomic mass is 19.3. The molecule has 0 aliphatic carbocycles. The summed E-state index contributed by atoms with van der Waals surface area (Å²) < 4.78 is 28.2. The largest absolute Gasteiger partial charge is 0.480 e. The van der Waals surface area contributed by atoms with E-state index < -0.39 is 31.0 Å². The van der Waals surface area contributed by atoms with Crippen molar-refractivity contribution >= 4 is 11.9 Å². The van der Waals surface area contributed by atoms with Crippen LogP contribution < -0.4 is 5.32 Å². The molecule has 0 saturated heterocycles. The van der Waals surface area contributed by atoms with E-state index in [1.807, 2.05) is 0 Å².